The zero-order valence-electron chi connectivity index (χ0n) is 9.96. The monoisotopic (exact) mass is 339 g/mol. The van der Waals surface area contributed by atoms with Crippen molar-refractivity contribution in [1.82, 2.24) is 4.13 Å². The van der Waals surface area contributed by atoms with Crippen LogP contribution in [0.1, 0.15) is 19.3 Å². The summed E-state index contributed by atoms with van der Waals surface area (Å²) in [5.74, 6) is -0.265. The number of ether oxygens (including phenoxy) is 1. The largest absolute Gasteiger partial charge is 0.512 e. The number of rotatable bonds is 5. The van der Waals surface area contributed by atoms with Crippen molar-refractivity contribution in [3.8, 4) is 0 Å². The van der Waals surface area contributed by atoms with Crippen LogP contribution in [0, 0.1) is 5.92 Å². The molecule has 0 amide bonds. The molecule has 12 heteroatoms. The van der Waals surface area contributed by atoms with Crippen LogP contribution in [0.5, 0.6) is 0 Å². The lowest BCUT2D eigenvalue weighted by atomic mass is 9.90. The van der Waals surface area contributed by atoms with Gasteiger partial charge in [0.05, 0.1) is 18.8 Å². The van der Waals surface area contributed by atoms with Crippen molar-refractivity contribution in [3.63, 3.8) is 0 Å². The van der Waals surface area contributed by atoms with Gasteiger partial charge in [0, 0.05) is 5.92 Å². The van der Waals surface area contributed by atoms with E-state index in [2.05, 4.69) is 4.18 Å². The van der Waals surface area contributed by atoms with E-state index in [1.54, 1.807) is 0 Å². The predicted octanol–water partition coefficient (Wildman–Crippen LogP) is 0.255. The molecule has 2 aliphatic heterocycles. The topological polar surface area (TPSA) is 98.8 Å². The molecule has 2 bridgehead atoms. The number of fused-ring (bicyclic) bond motifs is 2. The minimum absolute atomic E-state index is 0.0168. The van der Waals surface area contributed by atoms with Gasteiger partial charge in [-0.25, -0.2) is 8.42 Å². The molecule has 2 rings (SSSR count). The van der Waals surface area contributed by atoms with Crippen molar-refractivity contribution < 1.29 is 38.9 Å². The second-order valence-electron chi connectivity index (χ2n) is 4.64. The third-order valence-electron chi connectivity index (χ3n) is 3.19. The van der Waals surface area contributed by atoms with Crippen molar-refractivity contribution in [2.45, 2.75) is 37.0 Å². The van der Waals surface area contributed by atoms with Crippen LogP contribution in [0.3, 0.4) is 0 Å². The van der Waals surface area contributed by atoms with E-state index in [0.29, 0.717) is 10.5 Å². The summed E-state index contributed by atoms with van der Waals surface area (Å²) < 4.78 is 90.1. The molecule has 0 spiro atoms. The SMILES string of the molecule is O=S(=O)(NS(=O)(=O)C(F)(F)F)OCC1CC2CCC1O2. The average molecular weight is 339 g/mol. The second kappa shape index (κ2) is 5.09. The van der Waals surface area contributed by atoms with Crippen molar-refractivity contribution >= 4 is 20.3 Å². The summed E-state index contributed by atoms with van der Waals surface area (Å²) in [6, 6.07) is 0. The lowest BCUT2D eigenvalue weighted by molar-refractivity contribution is -0.0442. The normalized spacial score (nSPS) is 30.9. The van der Waals surface area contributed by atoms with Gasteiger partial charge in [0.2, 0.25) is 0 Å². The van der Waals surface area contributed by atoms with Gasteiger partial charge in [-0.05, 0) is 19.3 Å². The van der Waals surface area contributed by atoms with Crippen LogP contribution in [0.2, 0.25) is 0 Å². The Morgan fingerprint density at radius 1 is 1.20 bits per heavy atom. The molecular weight excluding hydrogens is 327 g/mol. The molecule has 1 N–H and O–H groups in total. The highest BCUT2D eigenvalue weighted by atomic mass is 32.3. The Bertz CT molecular complexity index is 572. The fourth-order valence-corrected chi connectivity index (χ4v) is 4.30. The van der Waals surface area contributed by atoms with E-state index in [9.17, 15) is 30.0 Å². The van der Waals surface area contributed by atoms with Gasteiger partial charge in [0.15, 0.2) is 0 Å². The summed E-state index contributed by atoms with van der Waals surface area (Å²) >= 11 is 0. The highest BCUT2D eigenvalue weighted by Gasteiger charge is 2.49. The molecule has 2 heterocycles. The fraction of sp³-hybridized carbons (Fsp3) is 1.00. The molecule has 2 saturated heterocycles. The third-order valence-corrected chi connectivity index (χ3v) is 5.94. The summed E-state index contributed by atoms with van der Waals surface area (Å²) in [5, 5.41) is 0. The first-order valence-electron chi connectivity index (χ1n) is 5.65. The quantitative estimate of drug-likeness (QED) is 0.771. The third kappa shape index (κ3) is 3.42. The Kier molecular flexibility index (Phi) is 4.06. The first kappa shape index (κ1) is 15.9. The molecule has 0 aromatic heterocycles. The molecule has 0 radical (unpaired) electrons. The van der Waals surface area contributed by atoms with Gasteiger partial charge in [-0.1, -0.05) is 4.13 Å². The molecule has 0 aromatic carbocycles. The number of sulfonamides is 1. The van der Waals surface area contributed by atoms with Crippen LogP contribution in [0.25, 0.3) is 0 Å². The van der Waals surface area contributed by atoms with Crippen LogP contribution >= 0.6 is 0 Å². The van der Waals surface area contributed by atoms with E-state index in [-0.39, 0.29) is 18.1 Å². The zero-order chi connectivity index (χ0) is 15.2. The van der Waals surface area contributed by atoms with Gasteiger partial charge < -0.3 is 4.74 Å². The molecule has 0 aromatic rings. The maximum absolute atomic E-state index is 12.0. The van der Waals surface area contributed by atoms with Crippen LogP contribution in [0.4, 0.5) is 13.2 Å². The molecule has 118 valence electrons. The number of hydrogen-bond donors (Lipinski definition) is 1. The fourth-order valence-electron chi connectivity index (χ4n) is 2.30. The first-order valence-corrected chi connectivity index (χ1v) is 8.54. The maximum Gasteiger partial charge on any atom is 0.512 e. The first-order chi connectivity index (χ1) is 9.00. The summed E-state index contributed by atoms with van der Waals surface area (Å²) in [5.41, 5.74) is -5.72. The lowest BCUT2D eigenvalue weighted by Crippen LogP contribution is -2.41. The molecule has 0 saturated carbocycles. The van der Waals surface area contributed by atoms with Crippen LogP contribution < -0.4 is 4.13 Å². The number of halogens is 3. The molecule has 0 aliphatic carbocycles. The molecule has 3 atom stereocenters. The lowest BCUT2D eigenvalue weighted by Gasteiger charge is -2.18. The van der Waals surface area contributed by atoms with E-state index in [4.69, 9.17) is 4.74 Å². The summed E-state index contributed by atoms with van der Waals surface area (Å²) in [4.78, 5) is 0. The second-order valence-corrected chi connectivity index (χ2v) is 7.92. The minimum Gasteiger partial charge on any atom is -0.375 e. The van der Waals surface area contributed by atoms with E-state index in [1.807, 2.05) is 0 Å². The highest BCUT2D eigenvalue weighted by Crippen LogP contribution is 2.38. The predicted molar refractivity (Wildman–Crippen MR) is 59.0 cm³/mol. The zero-order valence-corrected chi connectivity index (χ0v) is 11.6. The Balaban J connectivity index is 1.92. The van der Waals surface area contributed by atoms with Gasteiger partial charge in [-0.15, -0.1) is 0 Å². The van der Waals surface area contributed by atoms with Crippen LogP contribution in [-0.2, 0) is 29.2 Å². The number of nitrogens with one attached hydrogen (secondary N) is 1. The summed E-state index contributed by atoms with van der Waals surface area (Å²) in [7, 11) is -11.0. The van der Waals surface area contributed by atoms with Gasteiger partial charge >= 0.3 is 25.8 Å². The van der Waals surface area contributed by atoms with Crippen molar-refractivity contribution in [2.75, 3.05) is 6.61 Å². The summed E-state index contributed by atoms with van der Waals surface area (Å²) in [6.07, 6.45) is 1.96. The number of alkyl halides is 3. The van der Waals surface area contributed by atoms with Crippen molar-refractivity contribution in [3.05, 3.63) is 0 Å². The van der Waals surface area contributed by atoms with Gasteiger partial charge in [0.1, 0.15) is 0 Å². The van der Waals surface area contributed by atoms with E-state index >= 15 is 0 Å². The Morgan fingerprint density at radius 3 is 2.30 bits per heavy atom. The van der Waals surface area contributed by atoms with E-state index < -0.39 is 32.4 Å². The van der Waals surface area contributed by atoms with Gasteiger partial charge in [0.25, 0.3) is 0 Å². The molecule has 20 heavy (non-hydrogen) atoms. The minimum atomic E-state index is -6.01. The van der Waals surface area contributed by atoms with Crippen molar-refractivity contribution in [1.29, 1.82) is 0 Å². The van der Waals surface area contributed by atoms with Crippen molar-refractivity contribution in [2.24, 2.45) is 5.92 Å². The van der Waals surface area contributed by atoms with Gasteiger partial charge in [-0.2, -0.15) is 21.6 Å². The maximum atomic E-state index is 12.0. The molecule has 2 fully saturated rings. The van der Waals surface area contributed by atoms with Crippen LogP contribution in [-0.4, -0.2) is 41.2 Å². The molecule has 7 nitrogen and oxygen atoms in total. The van der Waals surface area contributed by atoms with Crippen LogP contribution in [0.15, 0.2) is 0 Å². The smallest absolute Gasteiger partial charge is 0.375 e. The van der Waals surface area contributed by atoms with Gasteiger partial charge in [-0.3, -0.25) is 4.18 Å². The standard InChI is InChI=1S/C8H12F3NO6S2/c9-8(10,11)19(13,14)12-20(15,16)17-4-5-3-6-1-2-7(5)18-6/h5-7,12H,1-4H2. The Hall–Kier alpha value is -0.430. The Labute approximate surface area is 113 Å². The van der Waals surface area contributed by atoms with E-state index in [1.165, 1.54) is 0 Å². The Morgan fingerprint density at radius 2 is 1.85 bits per heavy atom. The van der Waals surface area contributed by atoms with E-state index in [0.717, 1.165) is 12.8 Å². The highest BCUT2D eigenvalue weighted by molar-refractivity contribution is 8.03. The summed E-state index contributed by atoms with van der Waals surface area (Å²) in [6.45, 7) is -0.413. The number of hydrogen-bond acceptors (Lipinski definition) is 6. The average Bonchev–Trinajstić information content (AvgIpc) is 2.84. The molecule has 2 aliphatic rings. The molecule has 3 unspecified atom stereocenters. The molecular formula is C8H12F3NO6S2.